The van der Waals surface area contributed by atoms with Crippen molar-refractivity contribution in [1.29, 1.82) is 0 Å². The summed E-state index contributed by atoms with van der Waals surface area (Å²) >= 11 is 0. The third kappa shape index (κ3) is 3.43. The zero-order valence-electron chi connectivity index (χ0n) is 11.7. The molecule has 0 amide bonds. The van der Waals surface area contributed by atoms with Crippen LogP contribution in [0.3, 0.4) is 0 Å². The third-order valence-electron chi connectivity index (χ3n) is 3.47. The standard InChI is InChI=1S/C12H21BN4O2/c1-12(2,3)17-6-4-16(5-7-17)11-14-8-10(9-15-11)13(18)19/h8-9,18-19H,4-7H2,1-3H3. The van der Waals surface area contributed by atoms with Crippen molar-refractivity contribution >= 4 is 18.5 Å². The van der Waals surface area contributed by atoms with Crippen LogP contribution in [0.2, 0.25) is 0 Å². The van der Waals surface area contributed by atoms with Gasteiger partial charge < -0.3 is 14.9 Å². The fourth-order valence-corrected chi connectivity index (χ4v) is 2.21. The molecule has 6 nitrogen and oxygen atoms in total. The smallest absolute Gasteiger partial charge is 0.423 e. The van der Waals surface area contributed by atoms with Crippen molar-refractivity contribution in [2.24, 2.45) is 0 Å². The predicted molar refractivity (Wildman–Crippen MR) is 75.4 cm³/mol. The Hall–Kier alpha value is -1.18. The van der Waals surface area contributed by atoms with Gasteiger partial charge in [0.05, 0.1) is 0 Å². The van der Waals surface area contributed by atoms with E-state index in [0.717, 1.165) is 26.2 Å². The zero-order chi connectivity index (χ0) is 14.0. The van der Waals surface area contributed by atoms with Crippen molar-refractivity contribution in [2.45, 2.75) is 26.3 Å². The molecular weight excluding hydrogens is 243 g/mol. The largest absolute Gasteiger partial charge is 0.491 e. The Labute approximate surface area is 114 Å². The second-order valence-electron chi connectivity index (χ2n) is 5.83. The molecule has 0 aromatic carbocycles. The van der Waals surface area contributed by atoms with E-state index in [4.69, 9.17) is 10.0 Å². The Balaban J connectivity index is 1.98. The van der Waals surface area contributed by atoms with Crippen molar-refractivity contribution < 1.29 is 10.0 Å². The minimum Gasteiger partial charge on any atom is -0.423 e. The molecule has 0 atom stereocenters. The van der Waals surface area contributed by atoms with Crippen molar-refractivity contribution in [3.63, 3.8) is 0 Å². The SMILES string of the molecule is CC(C)(C)N1CCN(c2ncc(B(O)O)cn2)CC1. The minimum atomic E-state index is -1.51. The van der Waals surface area contributed by atoms with E-state index in [1.807, 2.05) is 0 Å². The summed E-state index contributed by atoms with van der Waals surface area (Å²) in [6.07, 6.45) is 2.92. The van der Waals surface area contributed by atoms with E-state index in [1.165, 1.54) is 12.4 Å². The highest BCUT2D eigenvalue weighted by Crippen LogP contribution is 2.17. The fraction of sp³-hybridized carbons (Fsp3) is 0.667. The second-order valence-corrected chi connectivity index (χ2v) is 5.83. The highest BCUT2D eigenvalue weighted by molar-refractivity contribution is 6.58. The van der Waals surface area contributed by atoms with Crippen LogP contribution in [0.1, 0.15) is 20.8 Å². The van der Waals surface area contributed by atoms with Crippen LogP contribution in [0.25, 0.3) is 0 Å². The summed E-state index contributed by atoms with van der Waals surface area (Å²) in [6, 6.07) is 0. The van der Waals surface area contributed by atoms with Crippen LogP contribution < -0.4 is 10.4 Å². The topological polar surface area (TPSA) is 72.7 Å². The number of hydrogen-bond donors (Lipinski definition) is 2. The number of nitrogens with zero attached hydrogens (tertiary/aromatic N) is 4. The summed E-state index contributed by atoms with van der Waals surface area (Å²) in [5.74, 6) is 0.651. The summed E-state index contributed by atoms with van der Waals surface area (Å²) in [7, 11) is -1.51. The van der Waals surface area contributed by atoms with Crippen molar-refractivity contribution in [3.05, 3.63) is 12.4 Å². The molecule has 7 heteroatoms. The van der Waals surface area contributed by atoms with E-state index in [0.29, 0.717) is 11.4 Å². The van der Waals surface area contributed by atoms with Gasteiger partial charge in [0.15, 0.2) is 0 Å². The van der Waals surface area contributed by atoms with Crippen molar-refractivity contribution in [3.8, 4) is 0 Å². The lowest BCUT2D eigenvalue weighted by molar-refractivity contribution is 0.128. The summed E-state index contributed by atoms with van der Waals surface area (Å²) in [5, 5.41) is 18.0. The number of hydrogen-bond acceptors (Lipinski definition) is 6. The maximum Gasteiger partial charge on any atom is 0.491 e. The number of anilines is 1. The molecular formula is C12H21BN4O2. The van der Waals surface area contributed by atoms with Gasteiger partial charge in [-0.15, -0.1) is 0 Å². The molecule has 1 aliphatic rings. The molecule has 0 radical (unpaired) electrons. The van der Waals surface area contributed by atoms with Gasteiger partial charge >= 0.3 is 7.12 Å². The first-order valence-corrected chi connectivity index (χ1v) is 6.56. The molecule has 1 aromatic heterocycles. The zero-order valence-corrected chi connectivity index (χ0v) is 11.7. The van der Waals surface area contributed by atoms with Gasteiger partial charge in [-0.3, -0.25) is 4.90 Å². The summed E-state index contributed by atoms with van der Waals surface area (Å²) < 4.78 is 0. The van der Waals surface area contributed by atoms with E-state index in [2.05, 4.69) is 40.5 Å². The number of aromatic nitrogens is 2. The summed E-state index contributed by atoms with van der Waals surface area (Å²) in [5.41, 5.74) is 0.509. The molecule has 2 N–H and O–H groups in total. The molecule has 1 saturated heterocycles. The quantitative estimate of drug-likeness (QED) is 0.673. The molecule has 0 aliphatic carbocycles. The first kappa shape index (κ1) is 14.2. The van der Waals surface area contributed by atoms with Gasteiger partial charge in [0, 0.05) is 49.6 Å². The lowest BCUT2D eigenvalue weighted by Gasteiger charge is -2.42. The fourth-order valence-electron chi connectivity index (χ4n) is 2.21. The van der Waals surface area contributed by atoms with Crippen molar-refractivity contribution in [2.75, 3.05) is 31.1 Å². The molecule has 1 aliphatic heterocycles. The first-order valence-electron chi connectivity index (χ1n) is 6.56. The molecule has 19 heavy (non-hydrogen) atoms. The molecule has 2 heterocycles. The van der Waals surface area contributed by atoms with Gasteiger partial charge in [-0.25, -0.2) is 9.97 Å². The number of piperazine rings is 1. The molecule has 0 spiro atoms. The minimum absolute atomic E-state index is 0.192. The lowest BCUT2D eigenvalue weighted by Crippen LogP contribution is -2.53. The van der Waals surface area contributed by atoms with E-state index in [-0.39, 0.29) is 5.54 Å². The van der Waals surface area contributed by atoms with Gasteiger partial charge in [-0.2, -0.15) is 0 Å². The monoisotopic (exact) mass is 264 g/mol. The van der Waals surface area contributed by atoms with Gasteiger partial charge in [-0.05, 0) is 20.8 Å². The maximum atomic E-state index is 9.00. The predicted octanol–water partition coefficient (Wildman–Crippen LogP) is -0.923. The van der Waals surface area contributed by atoms with Crippen molar-refractivity contribution in [1.82, 2.24) is 14.9 Å². The normalized spacial score (nSPS) is 17.6. The van der Waals surface area contributed by atoms with Crippen LogP contribution in [0.4, 0.5) is 5.95 Å². The van der Waals surface area contributed by atoms with Gasteiger partial charge in [-0.1, -0.05) is 0 Å². The average molecular weight is 264 g/mol. The van der Waals surface area contributed by atoms with Gasteiger partial charge in [0.1, 0.15) is 0 Å². The molecule has 2 rings (SSSR count). The molecule has 1 fully saturated rings. The van der Waals surface area contributed by atoms with Crippen LogP contribution in [-0.2, 0) is 0 Å². The van der Waals surface area contributed by atoms with Crippen LogP contribution in [0, 0.1) is 0 Å². The Morgan fingerprint density at radius 2 is 1.58 bits per heavy atom. The van der Waals surface area contributed by atoms with Crippen LogP contribution in [0.5, 0.6) is 0 Å². The van der Waals surface area contributed by atoms with Crippen LogP contribution in [-0.4, -0.2) is 63.8 Å². The highest BCUT2D eigenvalue weighted by Gasteiger charge is 2.26. The van der Waals surface area contributed by atoms with E-state index in [1.54, 1.807) is 0 Å². The second kappa shape index (κ2) is 5.44. The van der Waals surface area contributed by atoms with E-state index < -0.39 is 7.12 Å². The highest BCUT2D eigenvalue weighted by atomic mass is 16.4. The van der Waals surface area contributed by atoms with Crippen LogP contribution >= 0.6 is 0 Å². The number of rotatable bonds is 2. The Kier molecular flexibility index (Phi) is 4.08. The molecule has 104 valence electrons. The lowest BCUT2D eigenvalue weighted by atomic mass is 9.83. The van der Waals surface area contributed by atoms with Gasteiger partial charge in [0.2, 0.25) is 5.95 Å². The Morgan fingerprint density at radius 3 is 2.00 bits per heavy atom. The van der Waals surface area contributed by atoms with Crippen LogP contribution in [0.15, 0.2) is 12.4 Å². The summed E-state index contributed by atoms with van der Waals surface area (Å²) in [6.45, 7) is 10.4. The maximum absolute atomic E-state index is 9.00. The molecule has 1 aromatic rings. The summed E-state index contributed by atoms with van der Waals surface area (Å²) in [4.78, 5) is 12.9. The Bertz CT molecular complexity index is 411. The molecule has 0 saturated carbocycles. The average Bonchev–Trinajstić information content (AvgIpc) is 2.38. The van der Waals surface area contributed by atoms with E-state index >= 15 is 0 Å². The Morgan fingerprint density at radius 1 is 1.05 bits per heavy atom. The molecule has 0 bridgehead atoms. The van der Waals surface area contributed by atoms with E-state index in [9.17, 15) is 0 Å². The molecule has 0 unspecified atom stereocenters. The first-order chi connectivity index (χ1) is 8.88. The third-order valence-corrected chi connectivity index (χ3v) is 3.47. The van der Waals surface area contributed by atoms with Gasteiger partial charge in [0.25, 0.3) is 0 Å².